The SMILES string of the molecule is CCC=CCC=CCC=CCC=CCC=CCCCC(=O)NCCNC(=O)C(C)(C)Oc1ccc(Cl)cc1. The van der Waals surface area contributed by atoms with Gasteiger partial charge in [-0.1, -0.05) is 79.3 Å². The van der Waals surface area contributed by atoms with Crippen LogP contribution in [-0.4, -0.2) is 30.5 Å². The zero-order valence-electron chi connectivity index (χ0n) is 23.3. The summed E-state index contributed by atoms with van der Waals surface area (Å²) in [6.45, 7) is 6.26. The zero-order chi connectivity index (χ0) is 27.9. The van der Waals surface area contributed by atoms with Crippen LogP contribution in [0.1, 0.15) is 72.1 Å². The van der Waals surface area contributed by atoms with E-state index in [4.69, 9.17) is 16.3 Å². The number of rotatable bonds is 19. The van der Waals surface area contributed by atoms with E-state index in [1.165, 1.54) is 0 Å². The Morgan fingerprint density at radius 1 is 0.789 bits per heavy atom. The van der Waals surface area contributed by atoms with Gasteiger partial charge in [-0.15, -0.1) is 0 Å². The second-order valence-corrected chi connectivity index (χ2v) is 9.71. The van der Waals surface area contributed by atoms with Crippen molar-refractivity contribution < 1.29 is 14.3 Å². The molecule has 0 spiro atoms. The average molecular weight is 541 g/mol. The summed E-state index contributed by atoms with van der Waals surface area (Å²) in [7, 11) is 0. The summed E-state index contributed by atoms with van der Waals surface area (Å²) in [6.07, 6.45) is 28.8. The largest absolute Gasteiger partial charge is 0.478 e. The molecule has 1 aromatic carbocycles. The molecule has 0 aromatic heterocycles. The molecule has 0 fully saturated rings. The number of hydrogen-bond donors (Lipinski definition) is 2. The predicted octanol–water partition coefficient (Wildman–Crippen LogP) is 7.65. The number of nitrogens with one attached hydrogen (secondary N) is 2. The molecule has 38 heavy (non-hydrogen) atoms. The smallest absolute Gasteiger partial charge is 0.263 e. The Hall–Kier alpha value is -3.05. The van der Waals surface area contributed by atoms with Gasteiger partial charge in [-0.05, 0) is 83.1 Å². The standard InChI is InChI=1S/C32H45ClN2O3/c1-4-5-6-7-8-9-10-11-12-13-14-15-16-17-18-19-20-21-30(36)34-26-27-35-31(37)32(2,3)38-29-24-22-28(33)23-25-29/h5-6,8-9,11-12,14-15,17-18,22-25H,4,7,10,13,16,19-21,26-27H2,1-3H3,(H,34,36)(H,35,37). The van der Waals surface area contributed by atoms with Crippen molar-refractivity contribution in [3.05, 3.63) is 90.0 Å². The molecule has 0 bridgehead atoms. The molecule has 1 aromatic rings. The fourth-order valence-corrected chi connectivity index (χ4v) is 3.40. The Morgan fingerprint density at radius 3 is 1.84 bits per heavy atom. The Labute approximate surface area is 234 Å². The minimum atomic E-state index is -1.04. The second-order valence-electron chi connectivity index (χ2n) is 9.27. The molecule has 0 atom stereocenters. The maximum atomic E-state index is 12.4. The summed E-state index contributed by atoms with van der Waals surface area (Å²) in [5.74, 6) is 0.304. The lowest BCUT2D eigenvalue weighted by Gasteiger charge is -2.25. The number of allylic oxidation sites excluding steroid dienone is 10. The van der Waals surface area contributed by atoms with Gasteiger partial charge in [-0.25, -0.2) is 0 Å². The van der Waals surface area contributed by atoms with E-state index in [1.54, 1.807) is 38.1 Å². The first-order valence-corrected chi connectivity index (χ1v) is 14.0. The lowest BCUT2D eigenvalue weighted by atomic mass is 10.1. The van der Waals surface area contributed by atoms with Crippen LogP contribution in [0.4, 0.5) is 0 Å². The van der Waals surface area contributed by atoms with Gasteiger partial charge >= 0.3 is 0 Å². The molecule has 0 aliphatic rings. The molecule has 6 heteroatoms. The Bertz CT molecular complexity index is 944. The first kappa shape index (κ1) is 33.0. The number of unbranched alkanes of at least 4 members (excludes halogenated alkanes) is 1. The van der Waals surface area contributed by atoms with Gasteiger partial charge in [0.05, 0.1) is 0 Å². The summed E-state index contributed by atoms with van der Waals surface area (Å²) in [5.41, 5.74) is -1.04. The molecule has 0 saturated carbocycles. The van der Waals surface area contributed by atoms with Gasteiger partial charge in [0.15, 0.2) is 5.60 Å². The lowest BCUT2D eigenvalue weighted by Crippen LogP contribution is -2.48. The number of carbonyl (C=O) groups excluding carboxylic acids is 2. The summed E-state index contributed by atoms with van der Waals surface area (Å²) in [6, 6.07) is 6.86. The van der Waals surface area contributed by atoms with Gasteiger partial charge < -0.3 is 15.4 Å². The molecule has 0 unspecified atom stereocenters. The Kier molecular flexibility index (Phi) is 18.2. The van der Waals surface area contributed by atoms with Crippen molar-refractivity contribution in [3.8, 4) is 5.75 Å². The van der Waals surface area contributed by atoms with Crippen LogP contribution in [-0.2, 0) is 9.59 Å². The summed E-state index contributed by atoms with van der Waals surface area (Å²) >= 11 is 5.88. The van der Waals surface area contributed by atoms with Crippen LogP contribution in [0.5, 0.6) is 5.75 Å². The third kappa shape index (κ3) is 17.4. The molecule has 0 radical (unpaired) electrons. The van der Waals surface area contributed by atoms with Crippen molar-refractivity contribution >= 4 is 23.4 Å². The highest BCUT2D eigenvalue weighted by molar-refractivity contribution is 6.30. The van der Waals surface area contributed by atoms with Crippen LogP contribution >= 0.6 is 11.6 Å². The van der Waals surface area contributed by atoms with Crippen LogP contribution in [0.2, 0.25) is 5.02 Å². The number of ether oxygens (including phenoxy) is 1. The average Bonchev–Trinajstić information content (AvgIpc) is 2.89. The highest BCUT2D eigenvalue weighted by Crippen LogP contribution is 2.20. The van der Waals surface area contributed by atoms with Gasteiger partial charge in [-0.2, -0.15) is 0 Å². The summed E-state index contributed by atoms with van der Waals surface area (Å²) in [4.78, 5) is 24.4. The molecule has 5 nitrogen and oxygen atoms in total. The zero-order valence-corrected chi connectivity index (χ0v) is 24.0. The monoisotopic (exact) mass is 540 g/mol. The summed E-state index contributed by atoms with van der Waals surface area (Å²) in [5, 5.41) is 6.25. The van der Waals surface area contributed by atoms with Crippen molar-refractivity contribution in [2.75, 3.05) is 13.1 Å². The van der Waals surface area contributed by atoms with Crippen molar-refractivity contribution in [1.29, 1.82) is 0 Å². The second kappa shape index (κ2) is 20.9. The highest BCUT2D eigenvalue weighted by atomic mass is 35.5. The predicted molar refractivity (Wildman–Crippen MR) is 160 cm³/mol. The van der Waals surface area contributed by atoms with E-state index in [0.29, 0.717) is 30.3 Å². The molecular formula is C32H45ClN2O3. The van der Waals surface area contributed by atoms with Crippen molar-refractivity contribution in [2.24, 2.45) is 0 Å². The summed E-state index contributed by atoms with van der Waals surface area (Å²) < 4.78 is 5.76. The number of hydrogen-bond acceptors (Lipinski definition) is 3. The first-order valence-electron chi connectivity index (χ1n) is 13.6. The van der Waals surface area contributed by atoms with Gasteiger partial charge in [0.2, 0.25) is 5.91 Å². The van der Waals surface area contributed by atoms with Crippen molar-refractivity contribution in [2.45, 2.75) is 77.7 Å². The van der Waals surface area contributed by atoms with E-state index >= 15 is 0 Å². The molecule has 0 heterocycles. The minimum Gasteiger partial charge on any atom is -0.478 e. The molecule has 0 aliphatic heterocycles. The molecule has 0 aliphatic carbocycles. The quantitative estimate of drug-likeness (QED) is 0.140. The molecule has 2 N–H and O–H groups in total. The van der Waals surface area contributed by atoms with Crippen molar-refractivity contribution in [3.63, 3.8) is 0 Å². The van der Waals surface area contributed by atoms with Crippen molar-refractivity contribution in [1.82, 2.24) is 10.6 Å². The Morgan fingerprint density at radius 2 is 1.29 bits per heavy atom. The normalized spacial score (nSPS) is 12.4. The lowest BCUT2D eigenvalue weighted by molar-refractivity contribution is -0.134. The van der Waals surface area contributed by atoms with Gasteiger partial charge in [0.1, 0.15) is 5.75 Å². The van der Waals surface area contributed by atoms with Crippen LogP contribution in [0, 0.1) is 0 Å². The third-order valence-corrected chi connectivity index (χ3v) is 5.65. The third-order valence-electron chi connectivity index (χ3n) is 5.40. The maximum absolute atomic E-state index is 12.4. The van der Waals surface area contributed by atoms with E-state index in [2.05, 4.69) is 78.3 Å². The maximum Gasteiger partial charge on any atom is 0.263 e. The molecular weight excluding hydrogens is 496 g/mol. The number of amides is 2. The van der Waals surface area contributed by atoms with E-state index in [0.717, 1.165) is 44.9 Å². The van der Waals surface area contributed by atoms with E-state index in [1.807, 2.05) is 0 Å². The van der Waals surface area contributed by atoms with Crippen LogP contribution in [0.3, 0.4) is 0 Å². The molecule has 2 amide bonds. The fraction of sp³-hybridized carbons (Fsp3) is 0.438. The fourth-order valence-electron chi connectivity index (χ4n) is 3.27. The van der Waals surface area contributed by atoms with Gasteiger partial charge in [0, 0.05) is 24.5 Å². The highest BCUT2D eigenvalue weighted by Gasteiger charge is 2.29. The Balaban J connectivity index is 2.05. The topological polar surface area (TPSA) is 67.4 Å². The minimum absolute atomic E-state index is 0.0109. The van der Waals surface area contributed by atoms with Crippen LogP contribution in [0.25, 0.3) is 0 Å². The number of carbonyl (C=O) groups is 2. The van der Waals surface area contributed by atoms with Crippen LogP contribution in [0.15, 0.2) is 85.0 Å². The van der Waals surface area contributed by atoms with Gasteiger partial charge in [0.25, 0.3) is 5.91 Å². The van der Waals surface area contributed by atoms with E-state index in [-0.39, 0.29) is 11.8 Å². The first-order chi connectivity index (χ1) is 18.3. The number of halogens is 1. The van der Waals surface area contributed by atoms with Crippen LogP contribution < -0.4 is 15.4 Å². The molecule has 1 rings (SSSR count). The van der Waals surface area contributed by atoms with E-state index < -0.39 is 5.60 Å². The van der Waals surface area contributed by atoms with Gasteiger partial charge in [-0.3, -0.25) is 9.59 Å². The molecule has 0 saturated heterocycles. The van der Waals surface area contributed by atoms with E-state index in [9.17, 15) is 9.59 Å². The molecule has 208 valence electrons. The number of benzene rings is 1.